The van der Waals surface area contributed by atoms with Gasteiger partial charge in [0.25, 0.3) is 0 Å². The highest BCUT2D eigenvalue weighted by Crippen LogP contribution is 2.10. The molecule has 0 aromatic heterocycles. The maximum Gasteiger partial charge on any atom is 0.148 e. The second kappa shape index (κ2) is 2.94. The van der Waals surface area contributed by atoms with Gasteiger partial charge in [0.1, 0.15) is 12.4 Å². The van der Waals surface area contributed by atoms with Crippen LogP contribution in [0.1, 0.15) is 12.8 Å². The highest BCUT2D eigenvalue weighted by atomic mass is 16.5. The summed E-state index contributed by atoms with van der Waals surface area (Å²) in [7, 11) is 0. The zero-order valence-electron chi connectivity index (χ0n) is 5.12. The van der Waals surface area contributed by atoms with Crippen molar-refractivity contribution in [3.8, 4) is 0 Å². The number of carbonyl (C=O) groups excluding carboxylic acids is 1. The molecule has 1 heterocycles. The fraction of sp³-hybridized carbons (Fsp3) is 0.833. The van der Waals surface area contributed by atoms with E-state index in [1.807, 2.05) is 0 Å². The van der Waals surface area contributed by atoms with Crippen molar-refractivity contribution in [3.05, 3.63) is 0 Å². The van der Waals surface area contributed by atoms with Crippen LogP contribution in [0.5, 0.6) is 0 Å². The number of hydrogen-bond donors (Lipinski definition) is 1. The summed E-state index contributed by atoms with van der Waals surface area (Å²) in [6.07, 6.45) is 1.15. The van der Waals surface area contributed by atoms with Gasteiger partial charge in [-0.25, -0.2) is 0 Å². The summed E-state index contributed by atoms with van der Waals surface area (Å²) in [5.74, 6) is 0. The predicted octanol–water partition coefficient (Wildman–Crippen LogP) is -0.275. The van der Waals surface area contributed by atoms with E-state index in [1.54, 1.807) is 0 Å². The monoisotopic (exact) mass is 130 g/mol. The van der Waals surface area contributed by atoms with E-state index >= 15 is 0 Å². The molecule has 0 aromatic carbocycles. The summed E-state index contributed by atoms with van der Waals surface area (Å²) >= 11 is 0. The van der Waals surface area contributed by atoms with Crippen LogP contribution in [0.3, 0.4) is 0 Å². The predicted molar refractivity (Wildman–Crippen MR) is 31.0 cm³/mol. The van der Waals surface area contributed by atoms with Gasteiger partial charge in [-0.05, 0) is 6.42 Å². The van der Waals surface area contributed by atoms with Gasteiger partial charge in [0.05, 0.1) is 6.10 Å². The summed E-state index contributed by atoms with van der Waals surface area (Å²) in [5, 5.41) is 8.97. The van der Waals surface area contributed by atoms with Crippen molar-refractivity contribution in [1.29, 1.82) is 0 Å². The molecule has 0 saturated carbocycles. The molecule has 1 aliphatic heterocycles. The maximum atomic E-state index is 10.1. The molecule has 0 bridgehead atoms. The van der Waals surface area contributed by atoms with E-state index in [1.165, 1.54) is 0 Å². The van der Waals surface area contributed by atoms with E-state index in [0.717, 1.165) is 6.29 Å². The van der Waals surface area contributed by atoms with Crippen LogP contribution in [-0.4, -0.2) is 30.2 Å². The minimum absolute atomic E-state index is 0.339. The first-order valence-corrected chi connectivity index (χ1v) is 3.08. The number of rotatable bonds is 1. The van der Waals surface area contributed by atoms with Crippen LogP contribution in [0.4, 0.5) is 0 Å². The smallest absolute Gasteiger partial charge is 0.148 e. The van der Waals surface area contributed by atoms with E-state index in [2.05, 4.69) is 0 Å². The highest BCUT2D eigenvalue weighted by molar-refractivity contribution is 5.56. The van der Waals surface area contributed by atoms with Gasteiger partial charge in [-0.2, -0.15) is 0 Å². The molecule has 3 nitrogen and oxygen atoms in total. The lowest BCUT2D eigenvalue weighted by Crippen LogP contribution is -2.29. The fourth-order valence-corrected chi connectivity index (χ4v) is 0.904. The van der Waals surface area contributed by atoms with E-state index in [4.69, 9.17) is 9.84 Å². The molecule has 9 heavy (non-hydrogen) atoms. The van der Waals surface area contributed by atoms with E-state index in [0.29, 0.717) is 19.4 Å². The Morgan fingerprint density at radius 1 is 1.67 bits per heavy atom. The molecule has 1 fully saturated rings. The molecule has 2 atom stereocenters. The third kappa shape index (κ3) is 1.77. The van der Waals surface area contributed by atoms with Crippen molar-refractivity contribution in [3.63, 3.8) is 0 Å². The number of aliphatic hydroxyl groups excluding tert-OH is 1. The minimum Gasteiger partial charge on any atom is -0.393 e. The SMILES string of the molecule is O=CC1CC(O)CCO1. The number of aldehydes is 1. The lowest BCUT2D eigenvalue weighted by molar-refractivity contribution is -0.124. The first-order valence-electron chi connectivity index (χ1n) is 3.08. The summed E-state index contributed by atoms with van der Waals surface area (Å²) in [5.41, 5.74) is 0. The third-order valence-corrected chi connectivity index (χ3v) is 1.44. The fourth-order valence-electron chi connectivity index (χ4n) is 0.904. The molecule has 3 heteroatoms. The van der Waals surface area contributed by atoms with Gasteiger partial charge in [0, 0.05) is 13.0 Å². The van der Waals surface area contributed by atoms with Crippen molar-refractivity contribution >= 4 is 6.29 Å². The molecule has 1 rings (SSSR count). The van der Waals surface area contributed by atoms with Crippen LogP contribution in [0.15, 0.2) is 0 Å². The number of ether oxygens (including phenoxy) is 1. The Morgan fingerprint density at radius 2 is 2.44 bits per heavy atom. The van der Waals surface area contributed by atoms with E-state index in [-0.39, 0.29) is 12.2 Å². The first-order chi connectivity index (χ1) is 4.33. The third-order valence-electron chi connectivity index (χ3n) is 1.44. The van der Waals surface area contributed by atoms with Gasteiger partial charge in [0.15, 0.2) is 0 Å². The van der Waals surface area contributed by atoms with Gasteiger partial charge >= 0.3 is 0 Å². The molecule has 0 spiro atoms. The zero-order valence-corrected chi connectivity index (χ0v) is 5.12. The summed E-state index contributed by atoms with van der Waals surface area (Å²) in [6, 6.07) is 0. The topological polar surface area (TPSA) is 46.5 Å². The quantitative estimate of drug-likeness (QED) is 0.497. The number of hydrogen-bond acceptors (Lipinski definition) is 3. The molecule has 1 aliphatic rings. The lowest BCUT2D eigenvalue weighted by atomic mass is 10.1. The molecule has 0 aliphatic carbocycles. The summed E-state index contributed by atoms with van der Waals surface area (Å²) < 4.78 is 4.97. The van der Waals surface area contributed by atoms with Gasteiger partial charge in [-0.1, -0.05) is 0 Å². The van der Waals surface area contributed by atoms with Gasteiger partial charge in [0.2, 0.25) is 0 Å². The lowest BCUT2D eigenvalue weighted by Gasteiger charge is -2.21. The second-order valence-corrected chi connectivity index (χ2v) is 2.22. The average Bonchev–Trinajstić information content (AvgIpc) is 1.88. The standard InChI is InChI=1S/C6H10O3/c7-4-6-3-5(8)1-2-9-6/h4-6,8H,1-3H2. The van der Waals surface area contributed by atoms with Crippen LogP contribution in [-0.2, 0) is 9.53 Å². The van der Waals surface area contributed by atoms with E-state index in [9.17, 15) is 4.79 Å². The normalized spacial score (nSPS) is 36.1. The van der Waals surface area contributed by atoms with Crippen LogP contribution in [0, 0.1) is 0 Å². The molecule has 52 valence electrons. The molecule has 1 N–H and O–H groups in total. The van der Waals surface area contributed by atoms with Crippen molar-refractivity contribution in [2.75, 3.05) is 6.61 Å². The Labute approximate surface area is 53.6 Å². The molecule has 2 unspecified atom stereocenters. The molecule has 0 radical (unpaired) electrons. The Balaban J connectivity index is 2.31. The molecule has 0 amide bonds. The maximum absolute atomic E-state index is 10.1. The van der Waals surface area contributed by atoms with Crippen molar-refractivity contribution in [2.45, 2.75) is 25.0 Å². The van der Waals surface area contributed by atoms with Crippen molar-refractivity contribution < 1.29 is 14.6 Å². The number of aliphatic hydroxyl groups is 1. The van der Waals surface area contributed by atoms with Crippen LogP contribution < -0.4 is 0 Å². The van der Waals surface area contributed by atoms with Crippen LogP contribution in [0.25, 0.3) is 0 Å². The Morgan fingerprint density at radius 3 is 2.89 bits per heavy atom. The van der Waals surface area contributed by atoms with Gasteiger partial charge < -0.3 is 14.6 Å². The van der Waals surface area contributed by atoms with Crippen LogP contribution >= 0.6 is 0 Å². The Kier molecular flexibility index (Phi) is 2.19. The number of carbonyl (C=O) groups is 1. The molecule has 0 aromatic rings. The highest BCUT2D eigenvalue weighted by Gasteiger charge is 2.19. The van der Waals surface area contributed by atoms with E-state index < -0.39 is 0 Å². The van der Waals surface area contributed by atoms with Crippen molar-refractivity contribution in [2.24, 2.45) is 0 Å². The minimum atomic E-state index is -0.367. The van der Waals surface area contributed by atoms with Gasteiger partial charge in [-0.3, -0.25) is 0 Å². The second-order valence-electron chi connectivity index (χ2n) is 2.22. The average molecular weight is 130 g/mol. The largest absolute Gasteiger partial charge is 0.393 e. The zero-order chi connectivity index (χ0) is 6.69. The molecular formula is C6H10O3. The van der Waals surface area contributed by atoms with Crippen molar-refractivity contribution in [1.82, 2.24) is 0 Å². The molecular weight excluding hydrogens is 120 g/mol. The Hall–Kier alpha value is -0.410. The summed E-state index contributed by atoms with van der Waals surface area (Å²) in [4.78, 5) is 10.1. The first kappa shape index (κ1) is 6.71. The summed E-state index contributed by atoms with van der Waals surface area (Å²) in [6.45, 7) is 0.505. The van der Waals surface area contributed by atoms with Gasteiger partial charge in [-0.15, -0.1) is 0 Å². The van der Waals surface area contributed by atoms with Crippen LogP contribution in [0.2, 0.25) is 0 Å². The molecule has 1 saturated heterocycles. The Bertz CT molecular complexity index is 102.